The first kappa shape index (κ1) is 19.4. The number of rotatable bonds is 5. The second-order valence-corrected chi connectivity index (χ2v) is 8.37. The van der Waals surface area contributed by atoms with Crippen molar-refractivity contribution in [2.75, 3.05) is 38.7 Å². The first-order valence-electron chi connectivity index (χ1n) is 11.0. The highest BCUT2D eigenvalue weighted by molar-refractivity contribution is 5.89. The van der Waals surface area contributed by atoms with E-state index in [4.69, 9.17) is 14.6 Å². The van der Waals surface area contributed by atoms with Crippen LogP contribution in [0.2, 0.25) is 0 Å². The van der Waals surface area contributed by atoms with Gasteiger partial charge in [0, 0.05) is 43.3 Å². The van der Waals surface area contributed by atoms with Crippen LogP contribution in [-0.4, -0.2) is 75.0 Å². The van der Waals surface area contributed by atoms with Crippen molar-refractivity contribution in [2.45, 2.75) is 24.9 Å². The predicted octanol–water partition coefficient (Wildman–Crippen LogP) is 2.62. The molecule has 1 aromatic carbocycles. The predicted molar refractivity (Wildman–Crippen MR) is 121 cm³/mol. The number of nitrogens with zero attached hydrogens (tertiary/aromatic N) is 6. The molecule has 0 saturated carbocycles. The SMILES string of the molecule is COc1nc(NC2CCN(C3COC3)CC2)nn2ccc(-c3ccc4nccnc4c3)c12. The van der Waals surface area contributed by atoms with Gasteiger partial charge in [0.2, 0.25) is 11.8 Å². The van der Waals surface area contributed by atoms with Gasteiger partial charge in [0.15, 0.2) is 0 Å². The van der Waals surface area contributed by atoms with Gasteiger partial charge < -0.3 is 14.8 Å². The van der Waals surface area contributed by atoms with Crippen molar-refractivity contribution in [1.82, 2.24) is 29.5 Å². The number of anilines is 1. The van der Waals surface area contributed by atoms with Gasteiger partial charge in [-0.3, -0.25) is 14.9 Å². The molecule has 0 radical (unpaired) electrons. The summed E-state index contributed by atoms with van der Waals surface area (Å²) in [6.45, 7) is 3.89. The molecule has 0 aliphatic carbocycles. The van der Waals surface area contributed by atoms with Crippen molar-refractivity contribution >= 4 is 22.5 Å². The van der Waals surface area contributed by atoms with Crippen LogP contribution in [-0.2, 0) is 4.74 Å². The fourth-order valence-corrected chi connectivity index (χ4v) is 4.58. The van der Waals surface area contributed by atoms with E-state index in [-0.39, 0.29) is 0 Å². The zero-order valence-electron chi connectivity index (χ0n) is 17.9. The van der Waals surface area contributed by atoms with Crippen LogP contribution in [0.1, 0.15) is 12.8 Å². The highest BCUT2D eigenvalue weighted by atomic mass is 16.5. The van der Waals surface area contributed by atoms with E-state index in [0.717, 1.165) is 66.8 Å². The van der Waals surface area contributed by atoms with Crippen LogP contribution in [0.15, 0.2) is 42.9 Å². The lowest BCUT2D eigenvalue weighted by molar-refractivity contribution is -0.0705. The third-order valence-corrected chi connectivity index (χ3v) is 6.45. The fourth-order valence-electron chi connectivity index (χ4n) is 4.58. The Kier molecular flexibility index (Phi) is 4.84. The van der Waals surface area contributed by atoms with Gasteiger partial charge in [-0.05, 0) is 36.6 Å². The Balaban J connectivity index is 1.27. The summed E-state index contributed by atoms with van der Waals surface area (Å²) in [4.78, 5) is 16.0. The van der Waals surface area contributed by atoms with E-state index in [1.807, 2.05) is 35.0 Å². The quantitative estimate of drug-likeness (QED) is 0.516. The molecule has 0 atom stereocenters. The van der Waals surface area contributed by atoms with Crippen molar-refractivity contribution < 1.29 is 9.47 Å². The molecule has 9 heteroatoms. The Hall–Kier alpha value is -3.30. The minimum absolute atomic E-state index is 0.350. The molecule has 32 heavy (non-hydrogen) atoms. The monoisotopic (exact) mass is 431 g/mol. The first-order valence-corrected chi connectivity index (χ1v) is 11.0. The summed E-state index contributed by atoms with van der Waals surface area (Å²) in [7, 11) is 1.65. The number of nitrogens with one attached hydrogen (secondary N) is 1. The van der Waals surface area contributed by atoms with Crippen LogP contribution in [0, 0.1) is 0 Å². The summed E-state index contributed by atoms with van der Waals surface area (Å²) in [5, 5.41) is 8.24. The van der Waals surface area contributed by atoms with E-state index in [1.54, 1.807) is 19.5 Å². The zero-order chi connectivity index (χ0) is 21.5. The molecular weight excluding hydrogens is 406 g/mol. The molecule has 2 aliphatic heterocycles. The maximum atomic E-state index is 5.67. The Labute approximate surface area is 185 Å². The van der Waals surface area contributed by atoms with Crippen molar-refractivity contribution in [1.29, 1.82) is 0 Å². The summed E-state index contributed by atoms with van der Waals surface area (Å²) in [5.74, 6) is 1.14. The molecule has 2 aliphatic rings. The van der Waals surface area contributed by atoms with E-state index in [9.17, 15) is 0 Å². The molecule has 0 bridgehead atoms. The standard InChI is InChI=1S/C23H25N7O2/c1-31-22-21-18(15-2-3-19-20(12-15)25-8-7-24-19)6-11-30(21)28-23(27-22)26-16-4-9-29(10-5-16)17-13-32-14-17/h2-3,6-8,11-12,16-17H,4-5,9-10,13-14H2,1H3,(H,26,28). The molecule has 2 saturated heterocycles. The highest BCUT2D eigenvalue weighted by Crippen LogP contribution is 2.32. The Morgan fingerprint density at radius 1 is 1.06 bits per heavy atom. The molecule has 0 unspecified atom stereocenters. The molecule has 4 aromatic rings. The Morgan fingerprint density at radius 3 is 2.62 bits per heavy atom. The van der Waals surface area contributed by atoms with Gasteiger partial charge in [-0.25, -0.2) is 4.52 Å². The number of fused-ring (bicyclic) bond motifs is 2. The Morgan fingerprint density at radius 2 is 1.88 bits per heavy atom. The second kappa shape index (κ2) is 7.99. The fraction of sp³-hybridized carbons (Fsp3) is 0.391. The van der Waals surface area contributed by atoms with Crippen molar-refractivity contribution in [3.05, 3.63) is 42.9 Å². The number of likely N-dealkylation sites (tertiary alicyclic amines) is 1. The number of hydrogen-bond acceptors (Lipinski definition) is 8. The van der Waals surface area contributed by atoms with E-state index < -0.39 is 0 Å². The number of ether oxygens (including phenoxy) is 2. The van der Waals surface area contributed by atoms with Crippen LogP contribution in [0.3, 0.4) is 0 Å². The average molecular weight is 432 g/mol. The molecular formula is C23H25N7O2. The lowest BCUT2D eigenvalue weighted by Gasteiger charge is -2.41. The summed E-state index contributed by atoms with van der Waals surface area (Å²) >= 11 is 0. The van der Waals surface area contributed by atoms with Gasteiger partial charge >= 0.3 is 0 Å². The van der Waals surface area contributed by atoms with Crippen LogP contribution in [0.5, 0.6) is 5.88 Å². The Bertz CT molecular complexity index is 1260. The molecule has 0 amide bonds. The second-order valence-electron chi connectivity index (χ2n) is 8.37. The van der Waals surface area contributed by atoms with Crippen LogP contribution in [0.4, 0.5) is 5.95 Å². The van der Waals surface area contributed by atoms with Crippen molar-refractivity contribution in [3.63, 3.8) is 0 Å². The molecule has 0 spiro atoms. The van der Waals surface area contributed by atoms with Gasteiger partial charge in [0.05, 0.1) is 37.4 Å². The summed E-state index contributed by atoms with van der Waals surface area (Å²) < 4.78 is 12.8. The summed E-state index contributed by atoms with van der Waals surface area (Å²) in [6.07, 6.45) is 7.48. The zero-order valence-corrected chi connectivity index (χ0v) is 17.9. The molecule has 9 nitrogen and oxygen atoms in total. The minimum atomic E-state index is 0.350. The van der Waals surface area contributed by atoms with Crippen molar-refractivity contribution in [3.8, 4) is 17.0 Å². The van der Waals surface area contributed by atoms with Gasteiger partial charge in [-0.2, -0.15) is 4.98 Å². The van der Waals surface area contributed by atoms with Gasteiger partial charge in [0.25, 0.3) is 0 Å². The molecule has 164 valence electrons. The van der Waals surface area contributed by atoms with Gasteiger partial charge in [-0.1, -0.05) is 6.07 Å². The van der Waals surface area contributed by atoms with Crippen molar-refractivity contribution in [2.24, 2.45) is 0 Å². The third kappa shape index (κ3) is 3.43. The lowest BCUT2D eigenvalue weighted by Crippen LogP contribution is -2.53. The van der Waals surface area contributed by atoms with Crippen LogP contribution in [0.25, 0.3) is 27.7 Å². The van der Waals surface area contributed by atoms with E-state index >= 15 is 0 Å². The normalized spacial score (nSPS) is 18.2. The van der Waals surface area contributed by atoms with Gasteiger partial charge in [0.1, 0.15) is 5.52 Å². The number of methoxy groups -OCH3 is 1. The number of hydrogen-bond donors (Lipinski definition) is 1. The van der Waals surface area contributed by atoms with Crippen LogP contribution < -0.4 is 10.1 Å². The highest BCUT2D eigenvalue weighted by Gasteiger charge is 2.30. The maximum absolute atomic E-state index is 5.67. The van der Waals surface area contributed by atoms with Gasteiger partial charge in [-0.15, -0.1) is 5.10 Å². The van der Waals surface area contributed by atoms with E-state index in [1.165, 1.54) is 0 Å². The third-order valence-electron chi connectivity index (χ3n) is 6.45. The maximum Gasteiger partial charge on any atom is 0.244 e. The molecule has 2 fully saturated rings. The summed E-state index contributed by atoms with van der Waals surface area (Å²) in [5.41, 5.74) is 4.57. The average Bonchev–Trinajstić information content (AvgIpc) is 3.22. The van der Waals surface area contributed by atoms with Crippen LogP contribution >= 0.6 is 0 Å². The minimum Gasteiger partial charge on any atom is -0.479 e. The van der Waals surface area contributed by atoms with E-state index in [0.29, 0.717) is 23.9 Å². The topological polar surface area (TPSA) is 89.7 Å². The largest absolute Gasteiger partial charge is 0.479 e. The molecule has 6 rings (SSSR count). The smallest absolute Gasteiger partial charge is 0.244 e. The first-order chi connectivity index (χ1) is 15.8. The molecule has 3 aromatic heterocycles. The summed E-state index contributed by atoms with van der Waals surface area (Å²) in [6, 6.07) is 9.04. The van der Waals surface area contributed by atoms with E-state index in [2.05, 4.69) is 25.2 Å². The lowest BCUT2D eigenvalue weighted by atomic mass is 10.0. The molecule has 5 heterocycles. The number of piperidine rings is 1. The number of aromatic nitrogens is 5. The number of benzene rings is 1. The molecule has 1 N–H and O–H groups in total.